The molecule has 0 heterocycles. The standard InChI is InChI=1S/C18H27NO2/c1-3-5-14-21-17-12-10-15(11-13-17)18(20)19(4-2)16-8-6-7-9-16/h10-13,16H,3-9,14H2,1-2H3. The zero-order chi connectivity index (χ0) is 15.1. The molecule has 0 bridgehead atoms. The maximum absolute atomic E-state index is 12.6. The Labute approximate surface area is 128 Å². The molecule has 0 saturated heterocycles. The number of hydrogen-bond donors (Lipinski definition) is 0. The first kappa shape index (κ1) is 15.9. The number of benzene rings is 1. The van der Waals surface area contributed by atoms with Gasteiger partial charge in [-0.15, -0.1) is 0 Å². The lowest BCUT2D eigenvalue weighted by molar-refractivity contribution is 0.0693. The van der Waals surface area contributed by atoms with Crippen molar-refractivity contribution in [3.8, 4) is 5.75 Å². The Morgan fingerprint density at radius 1 is 1.19 bits per heavy atom. The Morgan fingerprint density at radius 2 is 1.86 bits per heavy atom. The van der Waals surface area contributed by atoms with Crippen LogP contribution in [0.3, 0.4) is 0 Å². The summed E-state index contributed by atoms with van der Waals surface area (Å²) < 4.78 is 5.64. The van der Waals surface area contributed by atoms with E-state index in [9.17, 15) is 4.79 Å². The predicted octanol–water partition coefficient (Wildman–Crippen LogP) is 4.27. The van der Waals surface area contributed by atoms with Gasteiger partial charge in [0.15, 0.2) is 0 Å². The Kier molecular flexibility index (Phi) is 6.09. The fourth-order valence-corrected chi connectivity index (χ4v) is 2.98. The average molecular weight is 289 g/mol. The van der Waals surface area contributed by atoms with Gasteiger partial charge in [-0.05, 0) is 50.5 Å². The van der Waals surface area contributed by atoms with Crippen molar-refractivity contribution in [2.45, 2.75) is 58.4 Å². The smallest absolute Gasteiger partial charge is 0.254 e. The molecule has 0 radical (unpaired) electrons. The van der Waals surface area contributed by atoms with Gasteiger partial charge < -0.3 is 9.64 Å². The molecule has 2 rings (SSSR count). The van der Waals surface area contributed by atoms with Crippen molar-refractivity contribution in [2.24, 2.45) is 0 Å². The molecular formula is C18H27NO2. The van der Waals surface area contributed by atoms with Crippen molar-refractivity contribution >= 4 is 5.91 Å². The van der Waals surface area contributed by atoms with E-state index >= 15 is 0 Å². The molecule has 0 N–H and O–H groups in total. The molecule has 116 valence electrons. The minimum absolute atomic E-state index is 0.157. The fourth-order valence-electron chi connectivity index (χ4n) is 2.98. The molecule has 0 atom stereocenters. The number of ether oxygens (including phenoxy) is 1. The number of amides is 1. The van der Waals surface area contributed by atoms with E-state index < -0.39 is 0 Å². The van der Waals surface area contributed by atoms with E-state index in [4.69, 9.17) is 4.74 Å². The normalized spacial score (nSPS) is 15.1. The summed E-state index contributed by atoms with van der Waals surface area (Å²) >= 11 is 0. The van der Waals surface area contributed by atoms with Crippen LogP contribution in [-0.2, 0) is 0 Å². The second-order valence-electron chi connectivity index (χ2n) is 5.76. The minimum atomic E-state index is 0.157. The fraction of sp³-hybridized carbons (Fsp3) is 0.611. The van der Waals surface area contributed by atoms with Crippen LogP contribution < -0.4 is 4.74 Å². The van der Waals surface area contributed by atoms with E-state index in [0.717, 1.165) is 50.1 Å². The average Bonchev–Trinajstić information content (AvgIpc) is 3.03. The molecular weight excluding hydrogens is 262 g/mol. The molecule has 0 aliphatic heterocycles. The van der Waals surface area contributed by atoms with Crippen LogP contribution in [0.25, 0.3) is 0 Å². The largest absolute Gasteiger partial charge is 0.494 e. The lowest BCUT2D eigenvalue weighted by atomic mass is 10.1. The van der Waals surface area contributed by atoms with Gasteiger partial charge in [-0.2, -0.15) is 0 Å². The highest BCUT2D eigenvalue weighted by molar-refractivity contribution is 5.94. The van der Waals surface area contributed by atoms with Crippen molar-refractivity contribution in [1.82, 2.24) is 4.90 Å². The van der Waals surface area contributed by atoms with Crippen molar-refractivity contribution < 1.29 is 9.53 Å². The summed E-state index contributed by atoms with van der Waals surface area (Å²) in [4.78, 5) is 14.6. The van der Waals surface area contributed by atoms with Crippen LogP contribution in [0.4, 0.5) is 0 Å². The first-order valence-corrected chi connectivity index (χ1v) is 8.30. The summed E-state index contributed by atoms with van der Waals surface area (Å²) in [5, 5.41) is 0. The molecule has 1 aromatic carbocycles. The topological polar surface area (TPSA) is 29.5 Å². The quantitative estimate of drug-likeness (QED) is 0.702. The van der Waals surface area contributed by atoms with Gasteiger partial charge in [0.25, 0.3) is 5.91 Å². The SMILES string of the molecule is CCCCOc1ccc(C(=O)N(CC)C2CCCC2)cc1. The van der Waals surface area contributed by atoms with Crippen LogP contribution in [0.15, 0.2) is 24.3 Å². The summed E-state index contributed by atoms with van der Waals surface area (Å²) in [6.07, 6.45) is 6.99. The third-order valence-electron chi connectivity index (χ3n) is 4.23. The molecule has 1 aliphatic rings. The van der Waals surface area contributed by atoms with Gasteiger partial charge >= 0.3 is 0 Å². The highest BCUT2D eigenvalue weighted by atomic mass is 16.5. The van der Waals surface area contributed by atoms with Gasteiger partial charge in [0, 0.05) is 18.2 Å². The molecule has 0 unspecified atom stereocenters. The molecule has 0 spiro atoms. The van der Waals surface area contributed by atoms with Crippen molar-refractivity contribution in [3.05, 3.63) is 29.8 Å². The summed E-state index contributed by atoms with van der Waals surface area (Å²) in [5.41, 5.74) is 0.770. The highest BCUT2D eigenvalue weighted by Gasteiger charge is 2.25. The van der Waals surface area contributed by atoms with E-state index in [-0.39, 0.29) is 5.91 Å². The van der Waals surface area contributed by atoms with Crippen LogP contribution in [-0.4, -0.2) is 30.0 Å². The zero-order valence-corrected chi connectivity index (χ0v) is 13.3. The third-order valence-corrected chi connectivity index (χ3v) is 4.23. The second-order valence-corrected chi connectivity index (χ2v) is 5.76. The van der Waals surface area contributed by atoms with Crippen LogP contribution in [0.1, 0.15) is 62.7 Å². The number of unbranched alkanes of at least 4 members (excludes halogenated alkanes) is 1. The Morgan fingerprint density at radius 3 is 2.43 bits per heavy atom. The molecule has 1 amide bonds. The molecule has 21 heavy (non-hydrogen) atoms. The minimum Gasteiger partial charge on any atom is -0.494 e. The van der Waals surface area contributed by atoms with Crippen molar-refractivity contribution in [3.63, 3.8) is 0 Å². The summed E-state index contributed by atoms with van der Waals surface area (Å²) in [7, 11) is 0. The lowest BCUT2D eigenvalue weighted by Gasteiger charge is -2.27. The maximum Gasteiger partial charge on any atom is 0.254 e. The van der Waals surface area contributed by atoms with E-state index in [1.54, 1.807) is 0 Å². The molecule has 3 nitrogen and oxygen atoms in total. The van der Waals surface area contributed by atoms with Crippen molar-refractivity contribution in [2.75, 3.05) is 13.2 Å². The van der Waals surface area contributed by atoms with Gasteiger partial charge in [-0.25, -0.2) is 0 Å². The van der Waals surface area contributed by atoms with E-state index in [2.05, 4.69) is 13.8 Å². The van der Waals surface area contributed by atoms with Crippen molar-refractivity contribution in [1.29, 1.82) is 0 Å². The van der Waals surface area contributed by atoms with Crippen LogP contribution in [0.5, 0.6) is 5.75 Å². The Balaban J connectivity index is 1.97. The van der Waals surface area contributed by atoms with E-state index in [0.29, 0.717) is 6.04 Å². The van der Waals surface area contributed by atoms with Gasteiger partial charge in [0.1, 0.15) is 5.75 Å². The van der Waals surface area contributed by atoms with E-state index in [1.807, 2.05) is 29.2 Å². The third kappa shape index (κ3) is 4.23. The number of hydrogen-bond acceptors (Lipinski definition) is 2. The Bertz CT molecular complexity index is 435. The number of carbonyl (C=O) groups excluding carboxylic acids is 1. The van der Waals surface area contributed by atoms with Crippen LogP contribution in [0, 0.1) is 0 Å². The van der Waals surface area contributed by atoms with Crippen LogP contribution >= 0.6 is 0 Å². The number of carbonyl (C=O) groups is 1. The summed E-state index contributed by atoms with van der Waals surface area (Å²) in [6, 6.07) is 8.03. The number of nitrogens with zero attached hydrogens (tertiary/aromatic N) is 1. The Hall–Kier alpha value is -1.51. The molecule has 3 heteroatoms. The monoisotopic (exact) mass is 289 g/mol. The predicted molar refractivity (Wildman–Crippen MR) is 85.8 cm³/mol. The first-order valence-electron chi connectivity index (χ1n) is 8.30. The molecule has 1 aliphatic carbocycles. The molecule has 1 fully saturated rings. The lowest BCUT2D eigenvalue weighted by Crippen LogP contribution is -2.38. The molecule has 0 aromatic heterocycles. The number of rotatable bonds is 7. The first-order chi connectivity index (χ1) is 10.3. The summed E-state index contributed by atoms with van der Waals surface area (Å²) in [5.74, 6) is 1.01. The van der Waals surface area contributed by atoms with Gasteiger partial charge in [0.05, 0.1) is 6.61 Å². The van der Waals surface area contributed by atoms with Gasteiger partial charge in [0.2, 0.25) is 0 Å². The molecule has 1 saturated carbocycles. The van der Waals surface area contributed by atoms with Crippen LogP contribution in [0.2, 0.25) is 0 Å². The summed E-state index contributed by atoms with van der Waals surface area (Å²) in [6.45, 7) is 5.75. The maximum atomic E-state index is 12.6. The molecule has 1 aromatic rings. The van der Waals surface area contributed by atoms with Gasteiger partial charge in [-0.1, -0.05) is 26.2 Å². The van der Waals surface area contributed by atoms with E-state index in [1.165, 1.54) is 12.8 Å². The highest BCUT2D eigenvalue weighted by Crippen LogP contribution is 2.25. The second kappa shape index (κ2) is 8.06. The van der Waals surface area contributed by atoms with Gasteiger partial charge in [-0.3, -0.25) is 4.79 Å². The zero-order valence-electron chi connectivity index (χ0n) is 13.3.